The molecule has 2 amide bonds. The standard InChI is InChI=1S/C14H17FN2O3S/c1-3-12-17(11(7-21-12)13(18)19)14(20)16-10-5-4-9(15)6-8(10)2/h4-6,11-12H,3,7H2,1-2H3,(H,16,20)(H,18,19). The van der Waals surface area contributed by atoms with Crippen molar-refractivity contribution in [2.45, 2.75) is 31.7 Å². The number of carbonyl (C=O) groups is 2. The van der Waals surface area contributed by atoms with Crippen LogP contribution in [-0.2, 0) is 4.79 Å². The van der Waals surface area contributed by atoms with E-state index >= 15 is 0 Å². The highest BCUT2D eigenvalue weighted by Gasteiger charge is 2.40. The van der Waals surface area contributed by atoms with Gasteiger partial charge in [0.1, 0.15) is 11.9 Å². The van der Waals surface area contributed by atoms with E-state index < -0.39 is 18.0 Å². The third kappa shape index (κ3) is 3.29. The molecule has 0 spiro atoms. The van der Waals surface area contributed by atoms with E-state index in [1.807, 2.05) is 6.92 Å². The number of benzene rings is 1. The average molecular weight is 312 g/mol. The van der Waals surface area contributed by atoms with Gasteiger partial charge in [-0.15, -0.1) is 11.8 Å². The van der Waals surface area contributed by atoms with Gasteiger partial charge in [0.15, 0.2) is 0 Å². The van der Waals surface area contributed by atoms with Crippen molar-refractivity contribution in [1.29, 1.82) is 0 Å². The molecule has 0 bridgehead atoms. The van der Waals surface area contributed by atoms with Gasteiger partial charge in [0.25, 0.3) is 0 Å². The van der Waals surface area contributed by atoms with Crippen LogP contribution in [0.4, 0.5) is 14.9 Å². The molecule has 2 rings (SSSR count). The molecule has 1 heterocycles. The molecule has 1 aromatic rings. The van der Waals surface area contributed by atoms with E-state index in [4.69, 9.17) is 0 Å². The number of halogens is 1. The van der Waals surface area contributed by atoms with E-state index in [0.29, 0.717) is 23.4 Å². The van der Waals surface area contributed by atoms with Crippen molar-refractivity contribution in [3.8, 4) is 0 Å². The summed E-state index contributed by atoms with van der Waals surface area (Å²) in [6.07, 6.45) is 0.671. The summed E-state index contributed by atoms with van der Waals surface area (Å²) < 4.78 is 13.1. The van der Waals surface area contributed by atoms with Crippen molar-refractivity contribution in [3.05, 3.63) is 29.6 Å². The van der Waals surface area contributed by atoms with Crippen LogP contribution in [0.15, 0.2) is 18.2 Å². The SMILES string of the molecule is CCC1SCC(C(=O)O)N1C(=O)Nc1ccc(F)cc1C. The Labute approximate surface area is 126 Å². The van der Waals surface area contributed by atoms with Crippen LogP contribution < -0.4 is 5.32 Å². The summed E-state index contributed by atoms with van der Waals surface area (Å²) in [4.78, 5) is 25.0. The molecule has 114 valence electrons. The number of amides is 2. The Kier molecular flexibility index (Phi) is 4.72. The second kappa shape index (κ2) is 6.34. The Morgan fingerprint density at radius 1 is 1.52 bits per heavy atom. The predicted molar refractivity (Wildman–Crippen MR) is 80.0 cm³/mol. The van der Waals surface area contributed by atoms with Crippen LogP contribution in [0.1, 0.15) is 18.9 Å². The van der Waals surface area contributed by atoms with Crippen LogP contribution in [0.3, 0.4) is 0 Å². The zero-order valence-electron chi connectivity index (χ0n) is 11.8. The number of rotatable bonds is 3. The van der Waals surface area contributed by atoms with E-state index in [1.165, 1.54) is 34.9 Å². The first-order valence-electron chi connectivity index (χ1n) is 6.64. The number of nitrogens with one attached hydrogen (secondary N) is 1. The van der Waals surface area contributed by atoms with Gasteiger partial charge in [-0.05, 0) is 37.1 Å². The summed E-state index contributed by atoms with van der Waals surface area (Å²) in [6, 6.07) is 2.76. The maximum atomic E-state index is 13.1. The fraction of sp³-hybridized carbons (Fsp3) is 0.429. The monoisotopic (exact) mass is 312 g/mol. The van der Waals surface area contributed by atoms with Crippen LogP contribution in [-0.4, -0.2) is 39.2 Å². The molecule has 2 unspecified atom stereocenters. The maximum Gasteiger partial charge on any atom is 0.327 e. The van der Waals surface area contributed by atoms with Crippen LogP contribution in [0, 0.1) is 12.7 Å². The summed E-state index contributed by atoms with van der Waals surface area (Å²) in [5.41, 5.74) is 1.08. The predicted octanol–water partition coefficient (Wildman–Crippen LogP) is 2.90. The third-order valence-corrected chi connectivity index (χ3v) is 4.84. The summed E-state index contributed by atoms with van der Waals surface area (Å²) in [6.45, 7) is 3.59. The summed E-state index contributed by atoms with van der Waals surface area (Å²) >= 11 is 1.46. The molecule has 5 nitrogen and oxygen atoms in total. The fourth-order valence-corrected chi connectivity index (χ4v) is 3.63. The Morgan fingerprint density at radius 3 is 2.81 bits per heavy atom. The first-order valence-corrected chi connectivity index (χ1v) is 7.68. The summed E-state index contributed by atoms with van der Waals surface area (Å²) in [5, 5.41) is 11.7. The summed E-state index contributed by atoms with van der Waals surface area (Å²) in [7, 11) is 0. The van der Waals surface area contributed by atoms with E-state index in [-0.39, 0.29) is 11.2 Å². The number of nitrogens with zero attached hydrogens (tertiary/aromatic N) is 1. The molecule has 21 heavy (non-hydrogen) atoms. The van der Waals surface area contributed by atoms with Crippen LogP contribution in [0.2, 0.25) is 0 Å². The van der Waals surface area contributed by atoms with Crippen molar-refractivity contribution >= 4 is 29.4 Å². The first-order chi connectivity index (χ1) is 9.93. The highest BCUT2D eigenvalue weighted by molar-refractivity contribution is 8.00. The van der Waals surface area contributed by atoms with Gasteiger partial charge in [0.05, 0.1) is 5.37 Å². The smallest absolute Gasteiger partial charge is 0.327 e. The number of hydrogen-bond acceptors (Lipinski definition) is 3. The van der Waals surface area contributed by atoms with Crippen LogP contribution >= 0.6 is 11.8 Å². The minimum Gasteiger partial charge on any atom is -0.480 e. The Hall–Kier alpha value is -1.76. The number of anilines is 1. The third-order valence-electron chi connectivity index (χ3n) is 3.39. The molecule has 0 radical (unpaired) electrons. The highest BCUT2D eigenvalue weighted by atomic mass is 32.2. The molecular weight excluding hydrogens is 295 g/mol. The zero-order chi connectivity index (χ0) is 15.6. The van der Waals surface area contributed by atoms with Crippen LogP contribution in [0.5, 0.6) is 0 Å². The maximum absolute atomic E-state index is 13.1. The molecule has 2 N–H and O–H groups in total. The number of carboxylic acid groups (broad SMARTS) is 1. The zero-order valence-corrected chi connectivity index (χ0v) is 12.6. The molecular formula is C14H17FN2O3S. The van der Waals surface area contributed by atoms with Gasteiger partial charge in [-0.2, -0.15) is 0 Å². The lowest BCUT2D eigenvalue weighted by Crippen LogP contribution is -2.47. The fourth-order valence-electron chi connectivity index (χ4n) is 2.29. The van der Waals surface area contributed by atoms with Gasteiger partial charge in [-0.25, -0.2) is 14.0 Å². The van der Waals surface area contributed by atoms with Crippen LogP contribution in [0.25, 0.3) is 0 Å². The minimum absolute atomic E-state index is 0.160. The normalized spacial score (nSPS) is 21.4. The Morgan fingerprint density at radius 2 is 2.24 bits per heavy atom. The van der Waals surface area contributed by atoms with Crippen molar-refractivity contribution in [3.63, 3.8) is 0 Å². The average Bonchev–Trinajstić information content (AvgIpc) is 2.86. The molecule has 0 aliphatic carbocycles. The number of thioether (sulfide) groups is 1. The molecule has 1 saturated heterocycles. The van der Waals surface area contributed by atoms with Gasteiger partial charge in [0, 0.05) is 11.4 Å². The molecule has 0 saturated carbocycles. The number of urea groups is 1. The highest BCUT2D eigenvalue weighted by Crippen LogP contribution is 2.32. The topological polar surface area (TPSA) is 69.6 Å². The molecule has 7 heteroatoms. The lowest BCUT2D eigenvalue weighted by molar-refractivity contribution is -0.141. The second-order valence-electron chi connectivity index (χ2n) is 4.85. The number of carbonyl (C=O) groups excluding carboxylic acids is 1. The van der Waals surface area contributed by atoms with Crippen molar-refractivity contribution < 1.29 is 19.1 Å². The van der Waals surface area contributed by atoms with Gasteiger partial charge < -0.3 is 10.4 Å². The molecule has 2 atom stereocenters. The quantitative estimate of drug-likeness (QED) is 0.900. The largest absolute Gasteiger partial charge is 0.480 e. The molecule has 0 aromatic heterocycles. The lowest BCUT2D eigenvalue weighted by Gasteiger charge is -2.27. The first kappa shape index (κ1) is 15.6. The van der Waals surface area contributed by atoms with Crippen molar-refractivity contribution in [2.24, 2.45) is 0 Å². The van der Waals surface area contributed by atoms with Gasteiger partial charge in [0.2, 0.25) is 0 Å². The molecule has 1 aliphatic rings. The van der Waals surface area contributed by atoms with E-state index in [0.717, 1.165) is 0 Å². The van der Waals surface area contributed by atoms with Crippen molar-refractivity contribution in [2.75, 3.05) is 11.1 Å². The Bertz CT molecular complexity index is 567. The van der Waals surface area contributed by atoms with Crippen molar-refractivity contribution in [1.82, 2.24) is 4.90 Å². The molecule has 1 aromatic carbocycles. The Balaban J connectivity index is 2.18. The number of aryl methyl sites for hydroxylation is 1. The van der Waals surface area contributed by atoms with E-state index in [9.17, 15) is 19.1 Å². The van der Waals surface area contributed by atoms with E-state index in [2.05, 4.69) is 5.32 Å². The number of aliphatic carboxylic acids is 1. The van der Waals surface area contributed by atoms with Gasteiger partial charge >= 0.3 is 12.0 Å². The number of hydrogen-bond donors (Lipinski definition) is 2. The van der Waals surface area contributed by atoms with E-state index in [1.54, 1.807) is 6.92 Å². The van der Waals surface area contributed by atoms with Gasteiger partial charge in [-0.3, -0.25) is 4.90 Å². The summed E-state index contributed by atoms with van der Waals surface area (Å²) in [5.74, 6) is -1.01. The molecule has 1 aliphatic heterocycles. The second-order valence-corrected chi connectivity index (χ2v) is 6.06. The minimum atomic E-state index is -1.01. The van der Waals surface area contributed by atoms with Gasteiger partial charge in [-0.1, -0.05) is 6.92 Å². The lowest BCUT2D eigenvalue weighted by atomic mass is 10.2. The molecule has 1 fully saturated rings. The number of carboxylic acids is 1.